The molecule has 192 valence electrons. The van der Waals surface area contributed by atoms with Crippen LogP contribution in [0.25, 0.3) is 21.6 Å². The van der Waals surface area contributed by atoms with Crippen molar-refractivity contribution in [2.24, 2.45) is 0 Å². The van der Waals surface area contributed by atoms with Crippen molar-refractivity contribution in [3.63, 3.8) is 0 Å². The lowest BCUT2D eigenvalue weighted by Gasteiger charge is -2.28. The first-order valence-electron chi connectivity index (χ1n) is 11.6. The van der Waals surface area contributed by atoms with Gasteiger partial charge in [0.2, 0.25) is 11.8 Å². The Kier molecular flexibility index (Phi) is 7.08. The van der Waals surface area contributed by atoms with Gasteiger partial charge in [0, 0.05) is 55.2 Å². The van der Waals surface area contributed by atoms with Crippen LogP contribution in [0.15, 0.2) is 36.8 Å². The molecule has 1 aliphatic heterocycles. The fourth-order valence-corrected chi connectivity index (χ4v) is 5.15. The van der Waals surface area contributed by atoms with Crippen LogP contribution in [-0.2, 0) is 4.74 Å². The quantitative estimate of drug-likeness (QED) is 0.274. The van der Waals surface area contributed by atoms with E-state index in [1.54, 1.807) is 36.2 Å². The number of carbonyl (C=O) groups is 1. The van der Waals surface area contributed by atoms with Crippen LogP contribution in [0.2, 0.25) is 0 Å². The number of anilines is 2. The summed E-state index contributed by atoms with van der Waals surface area (Å²) in [5.74, 6) is 1.78. The number of hydrogen-bond donors (Lipinski definition) is 2. The first kappa shape index (κ1) is 24.7. The fourth-order valence-electron chi connectivity index (χ4n) is 3.94. The van der Waals surface area contributed by atoms with Crippen molar-refractivity contribution >= 4 is 39.2 Å². The highest BCUT2D eigenvalue weighted by Gasteiger charge is 2.23. The zero-order valence-corrected chi connectivity index (χ0v) is 21.4. The Morgan fingerprint density at radius 3 is 2.59 bits per heavy atom. The molecule has 1 atom stereocenters. The molecule has 1 unspecified atom stereocenters. The molecule has 13 heteroatoms. The zero-order valence-electron chi connectivity index (χ0n) is 20.6. The predicted molar refractivity (Wildman–Crippen MR) is 138 cm³/mol. The summed E-state index contributed by atoms with van der Waals surface area (Å²) in [7, 11) is 3.47. The third-order valence-corrected chi connectivity index (χ3v) is 7.49. The minimum Gasteiger partial charge on any atom is -0.481 e. The summed E-state index contributed by atoms with van der Waals surface area (Å²) in [6, 6.07) is 5.68. The molecule has 4 aromatic rings. The van der Waals surface area contributed by atoms with Crippen molar-refractivity contribution in [1.29, 1.82) is 0 Å². The minimum absolute atomic E-state index is 0.0830. The van der Waals surface area contributed by atoms with E-state index >= 15 is 0 Å². The van der Waals surface area contributed by atoms with Crippen LogP contribution in [0.4, 0.5) is 11.8 Å². The molecule has 1 aliphatic rings. The van der Waals surface area contributed by atoms with Crippen LogP contribution in [0.1, 0.15) is 28.2 Å². The van der Waals surface area contributed by atoms with E-state index in [0.29, 0.717) is 30.9 Å². The molecule has 0 spiro atoms. The number of thiophene rings is 1. The molecule has 0 saturated carbocycles. The van der Waals surface area contributed by atoms with Crippen LogP contribution >= 0.6 is 11.3 Å². The second-order valence-corrected chi connectivity index (χ2v) is 9.51. The SMILES string of the molecule is COc1ccc(-c2nc(N3CCOCC3)c3sc(C(C)N(C)c4ncc(C(=O)NO)cn4)cc3n2)cn1. The summed E-state index contributed by atoms with van der Waals surface area (Å²) < 4.78 is 11.7. The van der Waals surface area contributed by atoms with E-state index in [1.165, 1.54) is 12.4 Å². The molecular weight excluding hydrogens is 496 g/mol. The number of methoxy groups -OCH3 is 1. The summed E-state index contributed by atoms with van der Waals surface area (Å²) in [6.45, 7) is 4.83. The van der Waals surface area contributed by atoms with E-state index in [4.69, 9.17) is 24.6 Å². The van der Waals surface area contributed by atoms with Gasteiger partial charge in [-0.25, -0.2) is 30.4 Å². The summed E-state index contributed by atoms with van der Waals surface area (Å²) in [4.78, 5) is 39.5. The van der Waals surface area contributed by atoms with E-state index in [2.05, 4.69) is 32.8 Å². The lowest BCUT2D eigenvalue weighted by Crippen LogP contribution is -2.36. The number of aromatic nitrogens is 5. The maximum absolute atomic E-state index is 11.6. The van der Waals surface area contributed by atoms with Crippen LogP contribution in [-0.4, -0.2) is 76.5 Å². The van der Waals surface area contributed by atoms with E-state index in [0.717, 1.165) is 39.6 Å². The molecule has 0 radical (unpaired) electrons. The summed E-state index contributed by atoms with van der Waals surface area (Å²) in [5, 5.41) is 8.81. The molecule has 1 saturated heterocycles. The van der Waals surface area contributed by atoms with Gasteiger partial charge in [-0.1, -0.05) is 0 Å². The highest BCUT2D eigenvalue weighted by atomic mass is 32.1. The van der Waals surface area contributed by atoms with E-state index in [9.17, 15) is 4.79 Å². The molecule has 1 fully saturated rings. The number of carbonyl (C=O) groups excluding carboxylic acids is 1. The van der Waals surface area contributed by atoms with Gasteiger partial charge in [-0.2, -0.15) is 0 Å². The van der Waals surface area contributed by atoms with Crippen molar-refractivity contribution in [3.8, 4) is 17.3 Å². The Bertz CT molecular complexity index is 1390. The number of hydroxylamine groups is 1. The number of ether oxygens (including phenoxy) is 2. The van der Waals surface area contributed by atoms with E-state index in [1.807, 2.05) is 18.0 Å². The van der Waals surface area contributed by atoms with Gasteiger partial charge in [0.05, 0.1) is 42.1 Å². The monoisotopic (exact) mass is 522 g/mol. The Labute approximate surface area is 216 Å². The predicted octanol–water partition coefficient (Wildman–Crippen LogP) is 2.70. The highest BCUT2D eigenvalue weighted by Crippen LogP contribution is 2.38. The lowest BCUT2D eigenvalue weighted by molar-refractivity contribution is 0.0705. The van der Waals surface area contributed by atoms with Crippen molar-refractivity contribution in [2.45, 2.75) is 13.0 Å². The molecule has 5 heterocycles. The second kappa shape index (κ2) is 10.6. The Balaban J connectivity index is 1.51. The number of rotatable bonds is 7. The normalized spacial score (nSPS) is 14.4. The molecule has 0 aromatic carbocycles. The lowest BCUT2D eigenvalue weighted by atomic mass is 10.2. The second-order valence-electron chi connectivity index (χ2n) is 8.42. The van der Waals surface area contributed by atoms with E-state index < -0.39 is 5.91 Å². The molecule has 4 aromatic heterocycles. The van der Waals surface area contributed by atoms with Crippen molar-refractivity contribution in [2.75, 3.05) is 50.3 Å². The van der Waals surface area contributed by atoms with Gasteiger partial charge in [-0.05, 0) is 19.1 Å². The number of hydrogen-bond acceptors (Lipinski definition) is 12. The molecule has 0 bridgehead atoms. The number of fused-ring (bicyclic) bond motifs is 1. The van der Waals surface area contributed by atoms with Gasteiger partial charge < -0.3 is 19.3 Å². The van der Waals surface area contributed by atoms with Gasteiger partial charge in [0.25, 0.3) is 5.91 Å². The van der Waals surface area contributed by atoms with Crippen molar-refractivity contribution < 1.29 is 19.5 Å². The van der Waals surface area contributed by atoms with Crippen molar-refractivity contribution in [3.05, 3.63) is 47.2 Å². The Morgan fingerprint density at radius 2 is 1.95 bits per heavy atom. The number of pyridine rings is 1. The van der Waals surface area contributed by atoms with E-state index in [-0.39, 0.29) is 11.6 Å². The van der Waals surface area contributed by atoms with Crippen LogP contribution in [0.5, 0.6) is 5.88 Å². The number of nitrogens with zero attached hydrogens (tertiary/aromatic N) is 7. The Morgan fingerprint density at radius 1 is 1.19 bits per heavy atom. The van der Waals surface area contributed by atoms with Gasteiger partial charge in [0.15, 0.2) is 11.6 Å². The number of amides is 1. The minimum atomic E-state index is -0.663. The summed E-state index contributed by atoms with van der Waals surface area (Å²) in [5.41, 5.74) is 3.40. The summed E-state index contributed by atoms with van der Waals surface area (Å²) >= 11 is 1.63. The van der Waals surface area contributed by atoms with Crippen LogP contribution in [0, 0.1) is 0 Å². The zero-order chi connectivity index (χ0) is 25.9. The first-order chi connectivity index (χ1) is 18.0. The molecule has 12 nitrogen and oxygen atoms in total. The Hall–Kier alpha value is -3.94. The summed E-state index contributed by atoms with van der Waals surface area (Å²) in [6.07, 6.45) is 4.46. The molecule has 37 heavy (non-hydrogen) atoms. The van der Waals surface area contributed by atoms with Crippen molar-refractivity contribution in [1.82, 2.24) is 30.4 Å². The molecular formula is C24H26N8O4S. The molecule has 1 amide bonds. The average molecular weight is 523 g/mol. The number of morpholine rings is 1. The molecule has 0 aliphatic carbocycles. The molecule has 5 rings (SSSR count). The first-order valence-corrected chi connectivity index (χ1v) is 12.4. The largest absolute Gasteiger partial charge is 0.481 e. The molecule has 2 N–H and O–H groups in total. The van der Waals surface area contributed by atoms with Gasteiger partial charge in [-0.15, -0.1) is 11.3 Å². The highest BCUT2D eigenvalue weighted by molar-refractivity contribution is 7.19. The van der Waals surface area contributed by atoms with Gasteiger partial charge >= 0.3 is 0 Å². The van der Waals surface area contributed by atoms with Gasteiger partial charge in [0.1, 0.15) is 0 Å². The standard InChI is InChI=1S/C24H26N8O4S/c1-14(31(2)24-26-12-16(13-27-24)23(33)30-34)18-10-17-20(37-18)22(32-6-8-36-9-7-32)29-21(28-17)15-4-5-19(35-3)25-11-15/h4-5,10-14,34H,6-9H2,1-3H3,(H,30,33). The van der Waals surface area contributed by atoms with Gasteiger partial charge in [-0.3, -0.25) is 10.0 Å². The average Bonchev–Trinajstić information content (AvgIpc) is 3.40. The topological polar surface area (TPSA) is 139 Å². The fraction of sp³-hybridized carbons (Fsp3) is 0.333. The van der Waals surface area contributed by atoms with Crippen LogP contribution in [0.3, 0.4) is 0 Å². The smallest absolute Gasteiger partial charge is 0.277 e. The van der Waals surface area contributed by atoms with Crippen LogP contribution < -0.4 is 20.0 Å². The third kappa shape index (κ3) is 5.01. The maximum atomic E-state index is 11.6. The third-order valence-electron chi connectivity index (χ3n) is 6.20. The number of nitrogens with one attached hydrogen (secondary N) is 1. The maximum Gasteiger partial charge on any atom is 0.277 e.